The number of ether oxygens (including phenoxy) is 1. The van der Waals surface area contributed by atoms with Crippen LogP contribution in [0.1, 0.15) is 24.8 Å². The fourth-order valence-electron chi connectivity index (χ4n) is 4.56. The molecule has 0 saturated carbocycles. The maximum absolute atomic E-state index is 13.5. The van der Waals surface area contributed by atoms with E-state index < -0.39 is 16.1 Å². The molecule has 1 N–H and O–H groups in total. The van der Waals surface area contributed by atoms with Crippen molar-refractivity contribution in [2.45, 2.75) is 35.6 Å². The van der Waals surface area contributed by atoms with E-state index in [1.807, 2.05) is 6.07 Å². The van der Waals surface area contributed by atoms with Crippen molar-refractivity contribution in [3.63, 3.8) is 0 Å². The van der Waals surface area contributed by atoms with Gasteiger partial charge >= 0.3 is 6.03 Å². The summed E-state index contributed by atoms with van der Waals surface area (Å²) in [6, 6.07) is 8.47. The quantitative estimate of drug-likeness (QED) is 0.626. The summed E-state index contributed by atoms with van der Waals surface area (Å²) in [5, 5.41) is 18.9. The number of hydrogen-bond donors (Lipinski definition) is 1. The molecular formula is C23H24N6O4S2. The molecule has 0 radical (unpaired) electrons. The number of amides is 2. The highest BCUT2D eigenvalue weighted by molar-refractivity contribution is 7.91. The van der Waals surface area contributed by atoms with Gasteiger partial charge in [0.25, 0.3) is 10.0 Å². The summed E-state index contributed by atoms with van der Waals surface area (Å²) in [6.07, 6.45) is 6.75. The third kappa shape index (κ3) is 4.46. The second kappa shape index (κ2) is 9.47. The van der Waals surface area contributed by atoms with Crippen molar-refractivity contribution in [3.05, 3.63) is 29.8 Å². The monoisotopic (exact) mass is 512 g/mol. The number of thiophene rings is 1. The molecule has 3 aliphatic rings. The van der Waals surface area contributed by atoms with Gasteiger partial charge in [0, 0.05) is 48.9 Å². The molecule has 35 heavy (non-hydrogen) atoms. The topological polar surface area (TPSA) is 118 Å². The predicted molar refractivity (Wildman–Crippen MR) is 131 cm³/mol. The summed E-state index contributed by atoms with van der Waals surface area (Å²) < 4.78 is 34.9. The van der Waals surface area contributed by atoms with Crippen LogP contribution in [0, 0.1) is 23.7 Å². The third-order valence-corrected chi connectivity index (χ3v) is 9.87. The number of carbonyl (C=O) groups is 1. The normalized spacial score (nSPS) is 22.7. The maximum atomic E-state index is 13.5. The van der Waals surface area contributed by atoms with E-state index in [4.69, 9.17) is 16.4 Å². The SMILES string of the molecule is C#Cc1ccc2cc(S(=O)(=O)N3CCN(C(=O)N4CCC5NCOC5=N4)C(CCC#N)C3)sc2c1. The van der Waals surface area contributed by atoms with Gasteiger partial charge in [-0.05, 0) is 36.4 Å². The molecule has 0 spiro atoms. The Balaban J connectivity index is 1.36. The van der Waals surface area contributed by atoms with Gasteiger partial charge in [-0.1, -0.05) is 12.0 Å². The average Bonchev–Trinajstić information content (AvgIpc) is 3.53. The Morgan fingerprint density at radius 2 is 2.17 bits per heavy atom. The highest BCUT2D eigenvalue weighted by Crippen LogP contribution is 2.33. The second-order valence-electron chi connectivity index (χ2n) is 8.55. The molecule has 10 nitrogen and oxygen atoms in total. The number of urea groups is 1. The van der Waals surface area contributed by atoms with Gasteiger partial charge in [-0.2, -0.15) is 9.57 Å². The first kappa shape index (κ1) is 23.6. The molecule has 2 atom stereocenters. The number of hydrogen-bond acceptors (Lipinski definition) is 8. The van der Waals surface area contributed by atoms with Crippen molar-refractivity contribution in [2.75, 3.05) is 32.9 Å². The molecule has 1 aromatic heterocycles. The van der Waals surface area contributed by atoms with Gasteiger partial charge in [-0.15, -0.1) is 22.9 Å². The molecule has 2 saturated heterocycles. The molecular weight excluding hydrogens is 488 g/mol. The number of sulfonamides is 1. The number of piperazine rings is 1. The molecule has 2 unspecified atom stereocenters. The van der Waals surface area contributed by atoms with Gasteiger partial charge in [0.1, 0.15) is 10.9 Å². The molecule has 3 aliphatic heterocycles. The smallest absolute Gasteiger partial charge is 0.340 e. The Morgan fingerprint density at radius 3 is 2.97 bits per heavy atom. The van der Waals surface area contributed by atoms with Crippen LogP contribution in [0.2, 0.25) is 0 Å². The Hall–Kier alpha value is -3.16. The van der Waals surface area contributed by atoms with Crippen molar-refractivity contribution in [2.24, 2.45) is 5.10 Å². The van der Waals surface area contributed by atoms with Crippen LogP contribution in [0.3, 0.4) is 0 Å². The lowest BCUT2D eigenvalue weighted by molar-refractivity contribution is 0.0960. The van der Waals surface area contributed by atoms with Crippen molar-refractivity contribution < 1.29 is 17.9 Å². The van der Waals surface area contributed by atoms with E-state index in [1.165, 1.54) is 20.7 Å². The van der Waals surface area contributed by atoms with E-state index in [-0.39, 0.29) is 42.3 Å². The molecule has 2 aromatic rings. The lowest BCUT2D eigenvalue weighted by atomic mass is 10.1. The van der Waals surface area contributed by atoms with Crippen LogP contribution >= 0.6 is 11.3 Å². The van der Waals surface area contributed by atoms with E-state index in [0.29, 0.717) is 37.6 Å². The van der Waals surface area contributed by atoms with Gasteiger partial charge in [0.15, 0.2) is 0 Å². The van der Waals surface area contributed by atoms with Gasteiger partial charge < -0.3 is 9.64 Å². The number of nitrogens with zero attached hydrogens (tertiary/aromatic N) is 5. The molecule has 1 aromatic carbocycles. The number of rotatable bonds is 4. The molecule has 0 bridgehead atoms. The summed E-state index contributed by atoms with van der Waals surface area (Å²) in [7, 11) is -3.78. The van der Waals surface area contributed by atoms with Gasteiger partial charge in [0.05, 0.1) is 12.1 Å². The van der Waals surface area contributed by atoms with Crippen LogP contribution in [0.25, 0.3) is 10.1 Å². The summed E-state index contributed by atoms with van der Waals surface area (Å²) >= 11 is 1.18. The molecule has 12 heteroatoms. The summed E-state index contributed by atoms with van der Waals surface area (Å²) in [5.74, 6) is 3.07. The number of nitrogens with one attached hydrogen (secondary N) is 1. The van der Waals surface area contributed by atoms with Crippen LogP contribution in [0.5, 0.6) is 0 Å². The number of hydrazone groups is 1. The number of terminal acetylenes is 1. The van der Waals surface area contributed by atoms with E-state index in [2.05, 4.69) is 22.4 Å². The van der Waals surface area contributed by atoms with Gasteiger partial charge in [0.2, 0.25) is 5.90 Å². The van der Waals surface area contributed by atoms with Crippen LogP contribution in [-0.4, -0.2) is 79.6 Å². The molecule has 0 aliphatic carbocycles. The minimum atomic E-state index is -3.78. The first-order valence-corrected chi connectivity index (χ1v) is 13.6. The van der Waals surface area contributed by atoms with Crippen molar-refractivity contribution in [3.8, 4) is 18.4 Å². The van der Waals surface area contributed by atoms with Crippen molar-refractivity contribution in [1.29, 1.82) is 5.26 Å². The van der Waals surface area contributed by atoms with Gasteiger partial charge in [-0.3, -0.25) is 5.32 Å². The van der Waals surface area contributed by atoms with Crippen LogP contribution in [-0.2, 0) is 14.8 Å². The van der Waals surface area contributed by atoms with E-state index in [0.717, 1.165) is 10.1 Å². The van der Waals surface area contributed by atoms with Crippen LogP contribution < -0.4 is 5.32 Å². The largest absolute Gasteiger partial charge is 0.463 e. The maximum Gasteiger partial charge on any atom is 0.340 e. The molecule has 5 rings (SSSR count). The first-order chi connectivity index (χ1) is 16.9. The minimum absolute atomic E-state index is 0.0217. The Labute approximate surface area is 207 Å². The second-order valence-corrected chi connectivity index (χ2v) is 11.8. The Kier molecular flexibility index (Phi) is 6.38. The number of fused-ring (bicyclic) bond motifs is 2. The minimum Gasteiger partial charge on any atom is -0.463 e. The fraction of sp³-hybridized carbons (Fsp3) is 0.435. The van der Waals surface area contributed by atoms with E-state index in [9.17, 15) is 13.2 Å². The molecule has 4 heterocycles. The Morgan fingerprint density at radius 1 is 1.31 bits per heavy atom. The van der Waals surface area contributed by atoms with E-state index >= 15 is 0 Å². The van der Waals surface area contributed by atoms with E-state index in [1.54, 1.807) is 23.1 Å². The number of carbonyl (C=O) groups excluding carboxylic acids is 1. The third-order valence-electron chi connectivity index (χ3n) is 6.46. The Bertz CT molecular complexity index is 1370. The zero-order valence-electron chi connectivity index (χ0n) is 18.9. The summed E-state index contributed by atoms with van der Waals surface area (Å²) in [4.78, 5) is 15.0. The lowest BCUT2D eigenvalue weighted by Gasteiger charge is -2.42. The zero-order chi connectivity index (χ0) is 24.6. The van der Waals surface area contributed by atoms with Crippen molar-refractivity contribution in [1.82, 2.24) is 19.5 Å². The lowest BCUT2D eigenvalue weighted by Crippen LogP contribution is -2.59. The van der Waals surface area contributed by atoms with Crippen molar-refractivity contribution >= 4 is 43.4 Å². The summed E-state index contributed by atoms with van der Waals surface area (Å²) in [6.45, 7) is 1.30. The summed E-state index contributed by atoms with van der Waals surface area (Å²) in [5.41, 5.74) is 0.693. The highest BCUT2D eigenvalue weighted by Gasteiger charge is 2.40. The van der Waals surface area contributed by atoms with Gasteiger partial charge in [-0.25, -0.2) is 18.2 Å². The zero-order valence-corrected chi connectivity index (χ0v) is 20.5. The number of nitriles is 1. The molecule has 2 amide bonds. The molecule has 2 fully saturated rings. The highest BCUT2D eigenvalue weighted by atomic mass is 32.2. The number of benzene rings is 1. The van der Waals surface area contributed by atoms with Crippen LogP contribution in [0.15, 0.2) is 33.6 Å². The predicted octanol–water partition coefficient (Wildman–Crippen LogP) is 1.95. The molecule has 182 valence electrons. The standard InChI is InChI=1S/C23H24N6O4S2/c1-2-16-5-6-17-13-21(34-20(17)12-16)35(31,32)27-10-11-28(18(14-27)4-3-8-24)23(30)29-9-7-19-22(26-29)33-15-25-19/h1,5-6,12-13,18-19,25H,3-4,7,9-11,14-15H2. The average molecular weight is 513 g/mol. The first-order valence-electron chi connectivity index (χ1n) is 11.3. The fourth-order valence-corrected chi connectivity index (χ4v) is 7.62. The van der Waals surface area contributed by atoms with Crippen LogP contribution in [0.4, 0.5) is 4.79 Å².